The van der Waals surface area contributed by atoms with Crippen molar-refractivity contribution in [2.75, 3.05) is 13.1 Å². The van der Waals surface area contributed by atoms with Gasteiger partial charge in [0.15, 0.2) is 5.96 Å². The third-order valence-corrected chi connectivity index (χ3v) is 8.07. The Morgan fingerprint density at radius 3 is 2.41 bits per heavy atom. The summed E-state index contributed by atoms with van der Waals surface area (Å²) < 4.78 is 34.5. The second-order valence-electron chi connectivity index (χ2n) is 9.90. The first-order chi connectivity index (χ1) is 18.3. The molecule has 0 spiro atoms. The number of sulfonamides is 1. The van der Waals surface area contributed by atoms with Gasteiger partial charge in [-0.1, -0.05) is 30.3 Å². The van der Waals surface area contributed by atoms with Crippen molar-refractivity contribution in [1.29, 1.82) is 5.41 Å². The fourth-order valence-electron chi connectivity index (χ4n) is 4.67. The van der Waals surface area contributed by atoms with Crippen LogP contribution in [0.4, 0.5) is 0 Å². The number of carbonyl (C=O) groups is 3. The van der Waals surface area contributed by atoms with Crippen molar-refractivity contribution >= 4 is 44.5 Å². The number of likely N-dealkylation sites (tertiary alicyclic amines) is 1. The smallest absolute Gasteiger partial charge is 0.328 e. The minimum absolute atomic E-state index is 0.0839. The highest BCUT2D eigenvalue weighted by Crippen LogP contribution is 2.21. The number of hydrogen-bond donors (Lipinski definition) is 4. The van der Waals surface area contributed by atoms with Crippen molar-refractivity contribution in [2.45, 2.75) is 69.2 Å². The second kappa shape index (κ2) is 12.4. The maximum absolute atomic E-state index is 13.7. The maximum atomic E-state index is 13.7. The zero-order valence-electron chi connectivity index (χ0n) is 22.3. The molecule has 2 aromatic carbocycles. The van der Waals surface area contributed by atoms with Gasteiger partial charge in [-0.25, -0.2) is 13.2 Å². The summed E-state index contributed by atoms with van der Waals surface area (Å²) >= 11 is 0. The quantitative estimate of drug-likeness (QED) is 0.187. The number of ether oxygens (including phenoxy) is 1. The van der Waals surface area contributed by atoms with E-state index in [1.54, 1.807) is 36.9 Å². The van der Waals surface area contributed by atoms with Gasteiger partial charge in [0.25, 0.3) is 0 Å². The topological polar surface area (TPSA) is 189 Å². The number of guanidine groups is 1. The molecule has 212 valence electrons. The first-order valence-electron chi connectivity index (χ1n) is 12.7. The molecule has 0 saturated carbocycles. The lowest BCUT2D eigenvalue weighted by molar-refractivity contribution is -0.162. The molecule has 1 saturated heterocycles. The fourth-order valence-corrected chi connectivity index (χ4v) is 5.90. The molecule has 1 aliphatic heterocycles. The molecule has 0 radical (unpaired) electrons. The molecule has 2 aromatic rings. The fraction of sp³-hybridized carbons (Fsp3) is 0.462. The van der Waals surface area contributed by atoms with E-state index in [1.165, 1.54) is 24.0 Å². The Kier molecular flexibility index (Phi) is 9.51. The van der Waals surface area contributed by atoms with E-state index in [2.05, 4.69) is 4.72 Å². The van der Waals surface area contributed by atoms with Crippen LogP contribution in [-0.2, 0) is 29.1 Å². The highest BCUT2D eigenvalue weighted by atomic mass is 32.2. The van der Waals surface area contributed by atoms with Gasteiger partial charge in [-0.05, 0) is 56.5 Å². The number of hydrogen-bond acceptors (Lipinski definition) is 7. The summed E-state index contributed by atoms with van der Waals surface area (Å²) in [7, 11) is -4.24. The van der Waals surface area contributed by atoms with Crippen LogP contribution in [0.3, 0.4) is 0 Å². The minimum Gasteiger partial charge on any atom is -0.459 e. The molecule has 6 N–H and O–H groups in total. The number of nitrogens with zero attached hydrogens (tertiary/aromatic N) is 2. The van der Waals surface area contributed by atoms with Gasteiger partial charge in [0, 0.05) is 12.6 Å². The number of piperidine rings is 1. The van der Waals surface area contributed by atoms with E-state index in [0.29, 0.717) is 24.8 Å². The van der Waals surface area contributed by atoms with Gasteiger partial charge in [-0.15, -0.1) is 0 Å². The van der Waals surface area contributed by atoms with Crippen LogP contribution < -0.4 is 16.2 Å². The average Bonchev–Trinajstić information content (AvgIpc) is 2.87. The van der Waals surface area contributed by atoms with Gasteiger partial charge in [-0.2, -0.15) is 4.72 Å². The molecule has 1 heterocycles. The van der Waals surface area contributed by atoms with E-state index in [1.807, 2.05) is 12.1 Å². The second-order valence-corrected chi connectivity index (χ2v) is 11.6. The summed E-state index contributed by atoms with van der Waals surface area (Å²) in [5.74, 6) is -2.48. The summed E-state index contributed by atoms with van der Waals surface area (Å²) in [6, 6.07) is 8.55. The van der Waals surface area contributed by atoms with Crippen LogP contribution >= 0.6 is 0 Å². The number of amides is 2. The lowest BCUT2D eigenvalue weighted by Crippen LogP contribution is -2.57. The SMILES string of the molecule is CC(C)N(C(=O)[C@H](CC(N)=O)NS(=O)(=O)c1ccc2ccccc2c1)C(C)C(=O)O[C@H]1CCCN(C(=N)N)C1. The van der Waals surface area contributed by atoms with Crippen LogP contribution in [0.15, 0.2) is 47.4 Å². The average molecular weight is 561 g/mol. The summed E-state index contributed by atoms with van der Waals surface area (Å²) in [5, 5.41) is 9.14. The third-order valence-electron chi connectivity index (χ3n) is 6.60. The highest BCUT2D eigenvalue weighted by molar-refractivity contribution is 7.89. The van der Waals surface area contributed by atoms with Crippen molar-refractivity contribution in [3.8, 4) is 0 Å². The van der Waals surface area contributed by atoms with E-state index in [0.717, 1.165) is 5.39 Å². The molecular weight excluding hydrogens is 524 g/mol. The molecule has 39 heavy (non-hydrogen) atoms. The molecule has 12 nitrogen and oxygen atoms in total. The number of fused-ring (bicyclic) bond motifs is 1. The highest BCUT2D eigenvalue weighted by Gasteiger charge is 2.37. The zero-order valence-corrected chi connectivity index (χ0v) is 23.1. The van der Waals surface area contributed by atoms with Gasteiger partial charge in [0.1, 0.15) is 18.2 Å². The van der Waals surface area contributed by atoms with Gasteiger partial charge >= 0.3 is 5.97 Å². The third kappa shape index (κ3) is 7.45. The van der Waals surface area contributed by atoms with Gasteiger partial charge in [0.05, 0.1) is 17.9 Å². The molecular formula is C26H36N6O6S. The van der Waals surface area contributed by atoms with Crippen molar-refractivity contribution < 1.29 is 27.5 Å². The van der Waals surface area contributed by atoms with Gasteiger partial charge in [0.2, 0.25) is 21.8 Å². The molecule has 0 bridgehead atoms. The molecule has 13 heteroatoms. The first-order valence-corrected chi connectivity index (χ1v) is 14.2. The number of carbonyl (C=O) groups excluding carboxylic acids is 3. The van der Waals surface area contributed by atoms with E-state index in [4.69, 9.17) is 21.6 Å². The van der Waals surface area contributed by atoms with E-state index in [-0.39, 0.29) is 17.4 Å². The van der Waals surface area contributed by atoms with Crippen LogP contribution in [0, 0.1) is 5.41 Å². The summed E-state index contributed by atoms with van der Waals surface area (Å²) in [4.78, 5) is 41.3. The number of nitrogens with one attached hydrogen (secondary N) is 2. The summed E-state index contributed by atoms with van der Waals surface area (Å²) in [6.07, 6.45) is 0.130. The normalized spacial score (nSPS) is 17.4. The van der Waals surface area contributed by atoms with Crippen molar-refractivity contribution in [3.63, 3.8) is 0 Å². The van der Waals surface area contributed by atoms with E-state index < -0.39 is 58.5 Å². The van der Waals surface area contributed by atoms with Gasteiger partial charge in [-0.3, -0.25) is 15.0 Å². The van der Waals surface area contributed by atoms with Crippen LogP contribution in [0.2, 0.25) is 0 Å². The van der Waals surface area contributed by atoms with Crippen molar-refractivity contribution in [3.05, 3.63) is 42.5 Å². The Balaban J connectivity index is 1.81. The zero-order chi connectivity index (χ0) is 28.9. The summed E-state index contributed by atoms with van der Waals surface area (Å²) in [6.45, 7) is 5.66. The first kappa shape index (κ1) is 29.8. The molecule has 3 rings (SSSR count). The minimum atomic E-state index is -4.24. The predicted molar refractivity (Wildman–Crippen MR) is 146 cm³/mol. The van der Waals surface area contributed by atoms with Crippen molar-refractivity contribution in [2.24, 2.45) is 11.5 Å². The van der Waals surface area contributed by atoms with Crippen molar-refractivity contribution in [1.82, 2.24) is 14.5 Å². The summed E-state index contributed by atoms with van der Waals surface area (Å²) in [5.41, 5.74) is 10.9. The number of primary amides is 1. The number of benzene rings is 2. The number of esters is 1. The Labute approximate surface area is 228 Å². The van der Waals surface area contributed by atoms with Gasteiger partial charge < -0.3 is 26.0 Å². The lowest BCUT2D eigenvalue weighted by atomic mass is 10.1. The lowest BCUT2D eigenvalue weighted by Gasteiger charge is -2.36. The molecule has 1 fully saturated rings. The molecule has 2 amide bonds. The van der Waals surface area contributed by atoms with Crippen LogP contribution in [0.5, 0.6) is 0 Å². The van der Waals surface area contributed by atoms with Crippen LogP contribution in [0.1, 0.15) is 40.0 Å². The van der Waals surface area contributed by atoms with E-state index in [9.17, 15) is 22.8 Å². The van der Waals surface area contributed by atoms with Crippen LogP contribution in [-0.4, -0.2) is 79.3 Å². The Hall–Kier alpha value is -3.71. The Bertz CT molecular complexity index is 1350. The number of rotatable bonds is 10. The Morgan fingerprint density at radius 2 is 1.79 bits per heavy atom. The largest absolute Gasteiger partial charge is 0.459 e. The monoisotopic (exact) mass is 560 g/mol. The molecule has 3 atom stereocenters. The standard InChI is InChI=1S/C26H36N6O6S/c1-16(2)32(17(3)25(35)38-20-9-6-12-31(15-20)26(28)29)24(34)22(14-23(27)33)30-39(36,37)21-11-10-18-7-4-5-8-19(18)13-21/h4-5,7-8,10-11,13,16-17,20,22,30H,6,9,12,14-15H2,1-3H3,(H2,27,33)(H3,28,29)/t17?,20-,22-/m0/s1. The predicted octanol–water partition coefficient (Wildman–Crippen LogP) is 0.889. The molecule has 0 aromatic heterocycles. The maximum Gasteiger partial charge on any atom is 0.328 e. The molecule has 1 unspecified atom stereocenters. The Morgan fingerprint density at radius 1 is 1.13 bits per heavy atom. The number of nitrogens with two attached hydrogens (primary N) is 2. The molecule has 1 aliphatic rings. The molecule has 0 aliphatic carbocycles. The van der Waals surface area contributed by atoms with Crippen LogP contribution in [0.25, 0.3) is 10.8 Å². The van der Waals surface area contributed by atoms with E-state index >= 15 is 0 Å².